The second kappa shape index (κ2) is 9.75. The SMILES string of the molecule is COc1ccc2cc(C(=O)N3CCC(CC(=O)N4CCN(c5ccccn5)CC4)CC3)[nH]c2c1. The second-order valence-electron chi connectivity index (χ2n) is 9.13. The van der Waals surface area contributed by atoms with Gasteiger partial charge in [-0.2, -0.15) is 0 Å². The summed E-state index contributed by atoms with van der Waals surface area (Å²) < 4.78 is 5.27. The number of anilines is 1. The summed E-state index contributed by atoms with van der Waals surface area (Å²) >= 11 is 0. The van der Waals surface area contributed by atoms with Gasteiger partial charge in [-0.3, -0.25) is 9.59 Å². The fourth-order valence-corrected chi connectivity index (χ4v) is 4.96. The average Bonchev–Trinajstić information content (AvgIpc) is 3.33. The first-order valence-electron chi connectivity index (χ1n) is 12.0. The molecule has 2 amide bonds. The predicted molar refractivity (Wildman–Crippen MR) is 131 cm³/mol. The van der Waals surface area contributed by atoms with E-state index in [4.69, 9.17) is 4.74 Å². The van der Waals surface area contributed by atoms with E-state index in [2.05, 4.69) is 14.9 Å². The average molecular weight is 462 g/mol. The number of H-pyrrole nitrogens is 1. The Morgan fingerprint density at radius 2 is 1.79 bits per heavy atom. The highest BCUT2D eigenvalue weighted by Gasteiger charge is 2.28. The minimum Gasteiger partial charge on any atom is -0.497 e. The van der Waals surface area contributed by atoms with E-state index in [0.717, 1.165) is 61.5 Å². The van der Waals surface area contributed by atoms with Gasteiger partial charge in [0.05, 0.1) is 7.11 Å². The summed E-state index contributed by atoms with van der Waals surface area (Å²) in [5.74, 6) is 2.32. The van der Waals surface area contributed by atoms with Gasteiger partial charge in [-0.1, -0.05) is 6.07 Å². The second-order valence-corrected chi connectivity index (χ2v) is 9.13. The molecular weight excluding hydrogens is 430 g/mol. The Bertz CT molecular complexity index is 1150. The Labute approximate surface area is 199 Å². The number of fused-ring (bicyclic) bond motifs is 1. The molecule has 2 saturated heterocycles. The number of methoxy groups -OCH3 is 1. The first-order chi connectivity index (χ1) is 16.6. The summed E-state index contributed by atoms with van der Waals surface area (Å²) in [4.78, 5) is 39.7. The minimum atomic E-state index is 0.0191. The third kappa shape index (κ3) is 4.71. The number of aromatic nitrogens is 2. The Morgan fingerprint density at radius 1 is 1.00 bits per heavy atom. The molecule has 2 aliphatic rings. The molecule has 2 aliphatic heterocycles. The summed E-state index contributed by atoms with van der Waals surface area (Å²) in [6, 6.07) is 13.6. The van der Waals surface area contributed by atoms with E-state index in [1.165, 1.54) is 0 Å². The zero-order valence-corrected chi connectivity index (χ0v) is 19.6. The molecule has 0 spiro atoms. The molecule has 2 aromatic heterocycles. The van der Waals surface area contributed by atoms with Crippen LogP contribution >= 0.6 is 0 Å². The molecule has 178 valence electrons. The monoisotopic (exact) mass is 461 g/mol. The number of aromatic amines is 1. The lowest BCUT2D eigenvalue weighted by molar-refractivity contribution is -0.132. The van der Waals surface area contributed by atoms with E-state index in [1.807, 2.05) is 52.3 Å². The van der Waals surface area contributed by atoms with Gasteiger partial charge in [0, 0.05) is 68.9 Å². The molecule has 2 fully saturated rings. The van der Waals surface area contributed by atoms with Crippen LogP contribution in [0.4, 0.5) is 5.82 Å². The number of ether oxygens (including phenoxy) is 1. The van der Waals surface area contributed by atoms with Crippen LogP contribution in [-0.4, -0.2) is 78.0 Å². The van der Waals surface area contributed by atoms with E-state index in [1.54, 1.807) is 13.3 Å². The number of pyridine rings is 1. The third-order valence-corrected chi connectivity index (χ3v) is 7.03. The highest BCUT2D eigenvalue weighted by atomic mass is 16.5. The molecule has 0 radical (unpaired) electrons. The van der Waals surface area contributed by atoms with Crippen LogP contribution in [0.25, 0.3) is 10.9 Å². The molecule has 34 heavy (non-hydrogen) atoms. The topological polar surface area (TPSA) is 81.8 Å². The quantitative estimate of drug-likeness (QED) is 0.631. The van der Waals surface area contributed by atoms with Crippen molar-refractivity contribution >= 4 is 28.5 Å². The van der Waals surface area contributed by atoms with Crippen molar-refractivity contribution in [3.8, 4) is 5.75 Å². The van der Waals surface area contributed by atoms with Crippen molar-refractivity contribution in [2.75, 3.05) is 51.3 Å². The molecule has 3 aromatic rings. The summed E-state index contributed by atoms with van der Waals surface area (Å²) in [6.45, 7) is 4.46. The summed E-state index contributed by atoms with van der Waals surface area (Å²) in [5.41, 5.74) is 1.50. The molecule has 0 aliphatic carbocycles. The first kappa shape index (κ1) is 22.3. The zero-order chi connectivity index (χ0) is 23.5. The normalized spacial score (nSPS) is 17.3. The summed E-state index contributed by atoms with van der Waals surface area (Å²) in [6.07, 6.45) is 4.09. The Hall–Kier alpha value is -3.55. The maximum atomic E-state index is 13.0. The van der Waals surface area contributed by atoms with Crippen LogP contribution in [-0.2, 0) is 4.79 Å². The lowest BCUT2D eigenvalue weighted by Crippen LogP contribution is -2.49. The number of benzene rings is 1. The van der Waals surface area contributed by atoms with E-state index in [-0.39, 0.29) is 11.8 Å². The number of nitrogens with one attached hydrogen (secondary N) is 1. The fraction of sp³-hybridized carbons (Fsp3) is 0.423. The maximum Gasteiger partial charge on any atom is 0.270 e. The van der Waals surface area contributed by atoms with Gasteiger partial charge in [0.25, 0.3) is 5.91 Å². The van der Waals surface area contributed by atoms with Crippen molar-refractivity contribution in [2.45, 2.75) is 19.3 Å². The maximum absolute atomic E-state index is 13.0. The molecule has 0 atom stereocenters. The number of rotatable bonds is 5. The van der Waals surface area contributed by atoms with Crippen molar-refractivity contribution in [3.63, 3.8) is 0 Å². The lowest BCUT2D eigenvalue weighted by Gasteiger charge is -2.37. The van der Waals surface area contributed by atoms with Gasteiger partial charge >= 0.3 is 0 Å². The van der Waals surface area contributed by atoms with Crippen molar-refractivity contribution < 1.29 is 14.3 Å². The third-order valence-electron chi connectivity index (χ3n) is 7.03. The molecule has 4 heterocycles. The van der Waals surface area contributed by atoms with Crippen LogP contribution < -0.4 is 9.64 Å². The van der Waals surface area contributed by atoms with E-state index < -0.39 is 0 Å². The number of carbonyl (C=O) groups excluding carboxylic acids is 2. The van der Waals surface area contributed by atoms with Gasteiger partial charge in [0.2, 0.25) is 5.91 Å². The molecule has 8 heteroatoms. The molecule has 1 N–H and O–H groups in total. The number of hydrogen-bond acceptors (Lipinski definition) is 5. The number of piperazine rings is 1. The fourth-order valence-electron chi connectivity index (χ4n) is 4.96. The van der Waals surface area contributed by atoms with Crippen molar-refractivity contribution in [3.05, 3.63) is 54.4 Å². The number of nitrogens with zero attached hydrogens (tertiary/aromatic N) is 4. The molecule has 0 bridgehead atoms. The van der Waals surface area contributed by atoms with Crippen LogP contribution in [0.5, 0.6) is 5.75 Å². The van der Waals surface area contributed by atoms with Gasteiger partial charge in [0.1, 0.15) is 17.3 Å². The summed E-state index contributed by atoms with van der Waals surface area (Å²) in [5, 5.41) is 0.993. The van der Waals surface area contributed by atoms with Crippen LogP contribution in [0.3, 0.4) is 0 Å². The largest absolute Gasteiger partial charge is 0.497 e. The van der Waals surface area contributed by atoms with Crippen molar-refractivity contribution in [1.82, 2.24) is 19.8 Å². The number of carbonyl (C=O) groups is 2. The van der Waals surface area contributed by atoms with Crippen molar-refractivity contribution in [2.24, 2.45) is 5.92 Å². The van der Waals surface area contributed by atoms with Gasteiger partial charge in [-0.15, -0.1) is 0 Å². The Kier molecular flexibility index (Phi) is 6.38. The number of piperidine rings is 1. The number of hydrogen-bond donors (Lipinski definition) is 1. The highest BCUT2D eigenvalue weighted by Crippen LogP contribution is 2.26. The van der Waals surface area contributed by atoms with Gasteiger partial charge in [0.15, 0.2) is 0 Å². The standard InChI is InChI=1S/C26H31N5O3/c1-34-21-6-5-20-17-23(28-22(20)18-21)26(33)31-10-7-19(8-11-31)16-25(32)30-14-12-29(13-15-30)24-4-2-3-9-27-24/h2-6,9,17-19,28H,7-8,10-16H2,1H3. The zero-order valence-electron chi connectivity index (χ0n) is 19.6. The lowest BCUT2D eigenvalue weighted by atomic mass is 9.92. The first-order valence-corrected chi connectivity index (χ1v) is 12.0. The smallest absolute Gasteiger partial charge is 0.270 e. The van der Waals surface area contributed by atoms with E-state index in [9.17, 15) is 9.59 Å². The predicted octanol–water partition coefficient (Wildman–Crippen LogP) is 3.16. The molecule has 5 rings (SSSR count). The molecule has 0 unspecified atom stereocenters. The van der Waals surface area contributed by atoms with Crippen LogP contribution in [0.2, 0.25) is 0 Å². The highest BCUT2D eigenvalue weighted by molar-refractivity contribution is 5.98. The van der Waals surface area contributed by atoms with Gasteiger partial charge in [-0.05, 0) is 49.1 Å². The summed E-state index contributed by atoms with van der Waals surface area (Å²) in [7, 11) is 1.63. The van der Waals surface area contributed by atoms with Crippen LogP contribution in [0.1, 0.15) is 29.8 Å². The minimum absolute atomic E-state index is 0.0191. The Morgan fingerprint density at radius 3 is 2.50 bits per heavy atom. The molecular formula is C26H31N5O3. The van der Waals surface area contributed by atoms with Gasteiger partial charge in [-0.25, -0.2) is 4.98 Å². The molecule has 8 nitrogen and oxygen atoms in total. The Balaban J connectivity index is 1.10. The number of amides is 2. The van der Waals surface area contributed by atoms with Crippen LogP contribution in [0, 0.1) is 5.92 Å². The molecule has 1 aromatic carbocycles. The van der Waals surface area contributed by atoms with Crippen molar-refractivity contribution in [1.29, 1.82) is 0 Å². The van der Waals surface area contributed by atoms with E-state index >= 15 is 0 Å². The number of likely N-dealkylation sites (tertiary alicyclic amines) is 1. The van der Waals surface area contributed by atoms with Crippen LogP contribution in [0.15, 0.2) is 48.7 Å². The van der Waals surface area contributed by atoms with E-state index in [0.29, 0.717) is 31.1 Å². The van der Waals surface area contributed by atoms with Gasteiger partial charge < -0.3 is 24.4 Å². The molecule has 0 saturated carbocycles.